The maximum absolute atomic E-state index is 15.0. The van der Waals surface area contributed by atoms with E-state index in [9.17, 15) is 23.6 Å². The Morgan fingerprint density at radius 3 is 2.52 bits per heavy atom. The monoisotopic (exact) mass is 465 g/mol. The Labute approximate surface area is 194 Å². The summed E-state index contributed by atoms with van der Waals surface area (Å²) in [5.74, 6) is -4.59. The zero-order chi connectivity index (χ0) is 23.8. The first kappa shape index (κ1) is 22.9. The predicted octanol–water partition coefficient (Wildman–Crippen LogP) is 5.92. The number of nitriles is 1. The van der Waals surface area contributed by atoms with Gasteiger partial charge >= 0.3 is 5.97 Å². The van der Waals surface area contributed by atoms with E-state index in [1.165, 1.54) is 48.5 Å². The third-order valence-electron chi connectivity index (χ3n) is 6.22. The van der Waals surface area contributed by atoms with Crippen molar-refractivity contribution >= 4 is 22.8 Å². The highest BCUT2D eigenvalue weighted by Crippen LogP contribution is 2.60. The van der Waals surface area contributed by atoms with Crippen molar-refractivity contribution in [1.82, 2.24) is 0 Å². The minimum atomic E-state index is -3.27. The zero-order valence-corrected chi connectivity index (χ0v) is 18.8. The first-order valence-corrected chi connectivity index (χ1v) is 11.3. The number of esters is 1. The lowest BCUT2D eigenvalue weighted by molar-refractivity contribution is -0.149. The Balaban J connectivity index is 1.53. The lowest BCUT2D eigenvalue weighted by Gasteiger charge is -2.19. The molecule has 1 fully saturated rings. The summed E-state index contributed by atoms with van der Waals surface area (Å²) >= 11 is 1.09. The molecule has 4 nitrogen and oxygen atoms in total. The first-order chi connectivity index (χ1) is 15.7. The molecule has 0 radical (unpaired) electrons. The summed E-state index contributed by atoms with van der Waals surface area (Å²) in [4.78, 5) is 24.7. The van der Waals surface area contributed by atoms with Gasteiger partial charge in [-0.15, -0.1) is 0 Å². The minimum Gasteiger partial charge on any atom is -0.442 e. The van der Waals surface area contributed by atoms with Crippen molar-refractivity contribution in [3.8, 4) is 6.07 Å². The number of carbonyl (C=O) groups is 2. The Bertz CT molecular complexity index is 1200. The molecule has 7 heteroatoms. The Morgan fingerprint density at radius 1 is 1.18 bits per heavy atom. The number of nitrogens with zero attached hydrogens (tertiary/aromatic N) is 1. The summed E-state index contributed by atoms with van der Waals surface area (Å²) in [6.07, 6.45) is 2.16. The number of hydrogen-bond donors (Lipinski definition) is 0. The minimum absolute atomic E-state index is 0.0733. The third-order valence-corrected chi connectivity index (χ3v) is 6.94. The molecule has 4 rings (SSSR count). The highest BCUT2D eigenvalue weighted by Gasteiger charge is 2.62. The molecule has 3 atom stereocenters. The molecule has 0 spiro atoms. The summed E-state index contributed by atoms with van der Waals surface area (Å²) in [6.45, 7) is 3.78. The van der Waals surface area contributed by atoms with Crippen LogP contribution in [0.4, 0.5) is 8.78 Å². The van der Waals surface area contributed by atoms with Crippen molar-refractivity contribution in [2.75, 3.05) is 0 Å². The van der Waals surface area contributed by atoms with Gasteiger partial charge in [0.2, 0.25) is 11.2 Å². The van der Waals surface area contributed by atoms with Crippen LogP contribution in [-0.4, -0.2) is 11.1 Å². The number of rotatable bonds is 6. The molecule has 168 valence electrons. The van der Waals surface area contributed by atoms with Gasteiger partial charge in [-0.25, -0.2) is 0 Å². The molecular weight excluding hydrogens is 444 g/mol. The van der Waals surface area contributed by atoms with Crippen LogP contribution in [0.1, 0.15) is 36.6 Å². The summed E-state index contributed by atoms with van der Waals surface area (Å²) in [7, 11) is 0. The lowest BCUT2D eigenvalue weighted by atomic mass is 9.97. The highest BCUT2D eigenvalue weighted by molar-refractivity contribution is 8.17. The SMILES string of the molecule is CC1(C)C(C=C2C=CSC2=O)C1C(=O)OC(C#N)c1cccc(C(F)(F)c2ccccc2)c1. The highest BCUT2D eigenvalue weighted by atomic mass is 32.2. The van der Waals surface area contributed by atoms with Gasteiger partial charge in [0, 0.05) is 22.3 Å². The van der Waals surface area contributed by atoms with Crippen molar-refractivity contribution in [2.24, 2.45) is 17.3 Å². The van der Waals surface area contributed by atoms with E-state index in [1.54, 1.807) is 23.6 Å². The fourth-order valence-corrected chi connectivity index (χ4v) is 4.74. The van der Waals surface area contributed by atoms with Crippen molar-refractivity contribution < 1.29 is 23.1 Å². The molecule has 1 heterocycles. The summed E-state index contributed by atoms with van der Waals surface area (Å²) in [6, 6.07) is 14.7. The fraction of sp³-hybridized carbons (Fsp3) is 0.269. The number of halogens is 2. The molecule has 0 bridgehead atoms. The van der Waals surface area contributed by atoms with Gasteiger partial charge in [-0.05, 0) is 28.9 Å². The van der Waals surface area contributed by atoms with Crippen LogP contribution in [-0.2, 0) is 20.2 Å². The Kier molecular flexibility index (Phi) is 5.98. The van der Waals surface area contributed by atoms with Gasteiger partial charge in [-0.2, -0.15) is 14.0 Å². The van der Waals surface area contributed by atoms with Gasteiger partial charge in [0.05, 0.1) is 5.92 Å². The molecule has 0 N–H and O–H groups in total. The predicted molar refractivity (Wildman–Crippen MR) is 121 cm³/mol. The second-order valence-corrected chi connectivity index (χ2v) is 9.55. The molecular formula is C26H21F2NO3S. The largest absolute Gasteiger partial charge is 0.442 e. The van der Waals surface area contributed by atoms with Crippen LogP contribution < -0.4 is 0 Å². The zero-order valence-electron chi connectivity index (χ0n) is 18.0. The van der Waals surface area contributed by atoms with Gasteiger partial charge in [-0.1, -0.05) is 80.2 Å². The van der Waals surface area contributed by atoms with Gasteiger partial charge in [-0.3, -0.25) is 9.59 Å². The Hall–Kier alpha value is -3.24. The average molecular weight is 466 g/mol. The number of ether oxygens (including phenoxy) is 1. The standard InChI is InChI=1S/C26H21F2NO3S/c1-25(2)20(14-17-11-12-33-24(17)31)22(25)23(30)32-21(15-29)16-7-6-10-19(13-16)26(27,28)18-8-4-3-5-9-18/h3-14,20-22H,1-2H3. The Morgan fingerprint density at radius 2 is 1.88 bits per heavy atom. The maximum Gasteiger partial charge on any atom is 0.311 e. The van der Waals surface area contributed by atoms with Gasteiger partial charge in [0.25, 0.3) is 5.92 Å². The summed E-state index contributed by atoms with van der Waals surface area (Å²) < 4.78 is 35.4. The van der Waals surface area contributed by atoms with Crippen LogP contribution in [0.3, 0.4) is 0 Å². The van der Waals surface area contributed by atoms with Gasteiger partial charge < -0.3 is 4.74 Å². The van der Waals surface area contributed by atoms with Crippen LogP contribution in [0.2, 0.25) is 0 Å². The topological polar surface area (TPSA) is 67.2 Å². The summed E-state index contributed by atoms with van der Waals surface area (Å²) in [5.41, 5.74) is -0.176. The van der Waals surface area contributed by atoms with E-state index >= 15 is 0 Å². The molecule has 2 aliphatic rings. The van der Waals surface area contributed by atoms with Crippen LogP contribution in [0.5, 0.6) is 0 Å². The molecule has 0 saturated heterocycles. The van der Waals surface area contributed by atoms with Crippen LogP contribution >= 0.6 is 11.8 Å². The van der Waals surface area contributed by atoms with Crippen LogP contribution in [0.15, 0.2) is 77.7 Å². The van der Waals surface area contributed by atoms with E-state index < -0.39 is 29.3 Å². The second-order valence-electron chi connectivity index (χ2n) is 8.67. The third kappa shape index (κ3) is 4.36. The number of allylic oxidation sites excluding steroid dienone is 2. The van der Waals surface area contributed by atoms with Crippen LogP contribution in [0.25, 0.3) is 0 Å². The second kappa shape index (κ2) is 8.60. The molecule has 1 saturated carbocycles. The normalized spacial score (nSPS) is 23.2. The van der Waals surface area contributed by atoms with E-state index in [4.69, 9.17) is 4.74 Å². The van der Waals surface area contributed by atoms with Crippen LogP contribution in [0, 0.1) is 28.6 Å². The number of carbonyl (C=O) groups excluding carboxylic acids is 2. The van der Waals surface area contributed by atoms with E-state index in [0.29, 0.717) is 5.57 Å². The van der Waals surface area contributed by atoms with E-state index in [1.807, 2.05) is 19.9 Å². The molecule has 2 aromatic carbocycles. The lowest BCUT2D eigenvalue weighted by Crippen LogP contribution is -2.17. The number of hydrogen-bond acceptors (Lipinski definition) is 5. The van der Waals surface area contributed by atoms with E-state index in [2.05, 4.69) is 0 Å². The number of benzene rings is 2. The maximum atomic E-state index is 15.0. The number of alkyl halides is 2. The molecule has 2 aromatic rings. The van der Waals surface area contributed by atoms with Crippen molar-refractivity contribution in [2.45, 2.75) is 25.9 Å². The molecule has 0 amide bonds. The fourth-order valence-electron chi connectivity index (χ4n) is 4.13. The average Bonchev–Trinajstić information content (AvgIpc) is 3.10. The first-order valence-electron chi connectivity index (χ1n) is 10.4. The molecule has 1 aliphatic carbocycles. The number of thioether (sulfide) groups is 1. The smallest absolute Gasteiger partial charge is 0.311 e. The van der Waals surface area contributed by atoms with E-state index in [-0.39, 0.29) is 27.7 Å². The van der Waals surface area contributed by atoms with E-state index in [0.717, 1.165) is 11.8 Å². The van der Waals surface area contributed by atoms with Crippen molar-refractivity contribution in [3.05, 3.63) is 94.4 Å². The van der Waals surface area contributed by atoms with Crippen molar-refractivity contribution in [3.63, 3.8) is 0 Å². The van der Waals surface area contributed by atoms with Gasteiger partial charge in [0.15, 0.2) is 0 Å². The molecule has 1 aliphatic heterocycles. The quantitative estimate of drug-likeness (QED) is 0.391. The van der Waals surface area contributed by atoms with Crippen molar-refractivity contribution in [1.29, 1.82) is 5.26 Å². The van der Waals surface area contributed by atoms with Gasteiger partial charge in [0.1, 0.15) is 6.07 Å². The molecule has 0 aromatic heterocycles. The molecule has 33 heavy (non-hydrogen) atoms. The molecule has 3 unspecified atom stereocenters. The summed E-state index contributed by atoms with van der Waals surface area (Å²) in [5, 5.41) is 11.2.